The van der Waals surface area contributed by atoms with Crippen LogP contribution in [0, 0.1) is 5.92 Å². The SMILES string of the molecule is CCCNC(CC1CC1)c1ccc2cc(OC)ccc2c1. The molecule has 1 unspecified atom stereocenters. The van der Waals surface area contributed by atoms with E-state index in [0.717, 1.165) is 18.2 Å². The van der Waals surface area contributed by atoms with E-state index in [1.165, 1.54) is 42.0 Å². The van der Waals surface area contributed by atoms with Crippen molar-refractivity contribution in [2.75, 3.05) is 13.7 Å². The first kappa shape index (κ1) is 14.4. The lowest BCUT2D eigenvalue weighted by Gasteiger charge is -2.19. The van der Waals surface area contributed by atoms with Crippen molar-refractivity contribution in [3.8, 4) is 5.75 Å². The van der Waals surface area contributed by atoms with Gasteiger partial charge in [-0.3, -0.25) is 0 Å². The summed E-state index contributed by atoms with van der Waals surface area (Å²) >= 11 is 0. The highest BCUT2D eigenvalue weighted by atomic mass is 16.5. The minimum Gasteiger partial charge on any atom is -0.497 e. The summed E-state index contributed by atoms with van der Waals surface area (Å²) in [5.74, 6) is 1.86. The Morgan fingerprint density at radius 2 is 1.90 bits per heavy atom. The van der Waals surface area contributed by atoms with Crippen molar-refractivity contribution in [1.82, 2.24) is 5.32 Å². The number of hydrogen-bond acceptors (Lipinski definition) is 2. The molecule has 2 aromatic carbocycles. The van der Waals surface area contributed by atoms with E-state index in [4.69, 9.17) is 4.74 Å². The third-order valence-electron chi connectivity index (χ3n) is 4.38. The Hall–Kier alpha value is -1.54. The van der Waals surface area contributed by atoms with Crippen LogP contribution in [0.5, 0.6) is 5.75 Å². The molecule has 112 valence electrons. The molecule has 1 N–H and O–H groups in total. The molecule has 0 aliphatic heterocycles. The van der Waals surface area contributed by atoms with Crippen molar-refractivity contribution in [2.45, 2.75) is 38.6 Å². The van der Waals surface area contributed by atoms with Gasteiger partial charge in [-0.05, 0) is 59.8 Å². The highest BCUT2D eigenvalue weighted by Gasteiger charge is 2.26. The van der Waals surface area contributed by atoms with Crippen molar-refractivity contribution in [3.05, 3.63) is 42.0 Å². The highest BCUT2D eigenvalue weighted by molar-refractivity contribution is 5.84. The van der Waals surface area contributed by atoms with E-state index in [2.05, 4.69) is 42.6 Å². The number of nitrogens with one attached hydrogen (secondary N) is 1. The summed E-state index contributed by atoms with van der Waals surface area (Å²) in [5, 5.41) is 6.27. The minimum absolute atomic E-state index is 0.504. The molecule has 0 spiro atoms. The van der Waals surface area contributed by atoms with Crippen LogP contribution in [0.1, 0.15) is 44.2 Å². The molecular formula is C19H25NO. The highest BCUT2D eigenvalue weighted by Crippen LogP contribution is 2.38. The first-order valence-electron chi connectivity index (χ1n) is 8.11. The smallest absolute Gasteiger partial charge is 0.119 e. The monoisotopic (exact) mass is 283 g/mol. The van der Waals surface area contributed by atoms with E-state index in [1.807, 2.05) is 6.07 Å². The predicted octanol–water partition coefficient (Wildman–Crippen LogP) is 4.69. The third kappa shape index (κ3) is 3.56. The molecule has 2 heteroatoms. The second-order valence-corrected chi connectivity index (χ2v) is 6.16. The first-order valence-corrected chi connectivity index (χ1v) is 8.11. The van der Waals surface area contributed by atoms with E-state index < -0.39 is 0 Å². The maximum Gasteiger partial charge on any atom is 0.119 e. The lowest BCUT2D eigenvalue weighted by atomic mass is 9.97. The zero-order chi connectivity index (χ0) is 14.7. The van der Waals surface area contributed by atoms with Gasteiger partial charge < -0.3 is 10.1 Å². The molecule has 0 aromatic heterocycles. The number of rotatable bonds is 7. The van der Waals surface area contributed by atoms with Crippen LogP contribution in [0.15, 0.2) is 36.4 Å². The Morgan fingerprint density at radius 3 is 2.62 bits per heavy atom. The van der Waals surface area contributed by atoms with Gasteiger partial charge in [-0.15, -0.1) is 0 Å². The van der Waals surface area contributed by atoms with Crippen molar-refractivity contribution in [2.24, 2.45) is 5.92 Å². The zero-order valence-corrected chi connectivity index (χ0v) is 13.1. The normalized spacial score (nSPS) is 16.1. The lowest BCUT2D eigenvalue weighted by molar-refractivity contribution is 0.415. The number of methoxy groups -OCH3 is 1. The molecule has 0 bridgehead atoms. The third-order valence-corrected chi connectivity index (χ3v) is 4.38. The Labute approximate surface area is 127 Å². The molecule has 1 aliphatic carbocycles. The average Bonchev–Trinajstić information content (AvgIpc) is 3.34. The molecule has 1 saturated carbocycles. The van der Waals surface area contributed by atoms with Crippen LogP contribution in [0.2, 0.25) is 0 Å². The van der Waals surface area contributed by atoms with Crippen LogP contribution >= 0.6 is 0 Å². The molecule has 0 saturated heterocycles. The zero-order valence-electron chi connectivity index (χ0n) is 13.1. The Kier molecular flexibility index (Phi) is 4.45. The molecule has 3 rings (SSSR count). The summed E-state index contributed by atoms with van der Waals surface area (Å²) in [6.45, 7) is 3.33. The summed E-state index contributed by atoms with van der Waals surface area (Å²) in [5.41, 5.74) is 1.42. The number of hydrogen-bond donors (Lipinski definition) is 1. The Bertz CT molecular complexity index is 604. The van der Waals surface area contributed by atoms with Crippen LogP contribution < -0.4 is 10.1 Å². The van der Waals surface area contributed by atoms with Gasteiger partial charge in [-0.25, -0.2) is 0 Å². The van der Waals surface area contributed by atoms with Gasteiger partial charge in [0.05, 0.1) is 7.11 Å². The molecule has 0 radical (unpaired) electrons. The van der Waals surface area contributed by atoms with Crippen molar-refractivity contribution in [3.63, 3.8) is 0 Å². The summed E-state index contributed by atoms with van der Waals surface area (Å²) in [6.07, 6.45) is 5.29. The molecule has 2 nitrogen and oxygen atoms in total. The van der Waals surface area contributed by atoms with Crippen LogP contribution in [0.25, 0.3) is 10.8 Å². The predicted molar refractivity (Wildman–Crippen MR) is 88.9 cm³/mol. The van der Waals surface area contributed by atoms with Crippen LogP contribution in [0.3, 0.4) is 0 Å². The van der Waals surface area contributed by atoms with Gasteiger partial charge in [0.2, 0.25) is 0 Å². The topological polar surface area (TPSA) is 21.3 Å². The molecule has 1 atom stereocenters. The van der Waals surface area contributed by atoms with Crippen LogP contribution in [-0.4, -0.2) is 13.7 Å². The molecule has 1 fully saturated rings. The molecule has 2 aromatic rings. The number of ether oxygens (including phenoxy) is 1. The molecule has 0 heterocycles. The second kappa shape index (κ2) is 6.48. The minimum atomic E-state index is 0.504. The van der Waals surface area contributed by atoms with Gasteiger partial charge in [0, 0.05) is 6.04 Å². The lowest BCUT2D eigenvalue weighted by Crippen LogP contribution is -2.22. The quantitative estimate of drug-likeness (QED) is 0.796. The molecule has 21 heavy (non-hydrogen) atoms. The van der Waals surface area contributed by atoms with Crippen molar-refractivity contribution < 1.29 is 4.74 Å². The van der Waals surface area contributed by atoms with Gasteiger partial charge in [0.25, 0.3) is 0 Å². The summed E-state index contributed by atoms with van der Waals surface area (Å²) in [4.78, 5) is 0. The standard InChI is InChI=1S/C19H25NO/c1-3-10-20-19(11-14-4-5-14)17-7-6-16-13-18(21-2)9-8-15(16)12-17/h6-9,12-14,19-20H,3-5,10-11H2,1-2H3. The fourth-order valence-corrected chi connectivity index (χ4v) is 2.93. The van der Waals surface area contributed by atoms with Crippen molar-refractivity contribution in [1.29, 1.82) is 0 Å². The van der Waals surface area contributed by atoms with Gasteiger partial charge in [0.1, 0.15) is 5.75 Å². The van der Waals surface area contributed by atoms with Crippen LogP contribution in [0.4, 0.5) is 0 Å². The van der Waals surface area contributed by atoms with Crippen molar-refractivity contribution >= 4 is 10.8 Å². The summed E-state index contributed by atoms with van der Waals surface area (Å²) in [7, 11) is 1.72. The maximum absolute atomic E-state index is 5.30. The fourth-order valence-electron chi connectivity index (χ4n) is 2.93. The molecule has 1 aliphatic rings. The maximum atomic E-state index is 5.30. The largest absolute Gasteiger partial charge is 0.497 e. The van der Waals surface area contributed by atoms with Gasteiger partial charge in [-0.1, -0.05) is 38.0 Å². The summed E-state index contributed by atoms with van der Waals surface area (Å²) in [6, 6.07) is 13.6. The van der Waals surface area contributed by atoms with E-state index in [-0.39, 0.29) is 0 Å². The van der Waals surface area contributed by atoms with E-state index in [9.17, 15) is 0 Å². The second-order valence-electron chi connectivity index (χ2n) is 6.16. The Morgan fingerprint density at radius 1 is 1.14 bits per heavy atom. The molecular weight excluding hydrogens is 258 g/mol. The number of fused-ring (bicyclic) bond motifs is 1. The van der Waals surface area contributed by atoms with E-state index in [0.29, 0.717) is 6.04 Å². The fraction of sp³-hybridized carbons (Fsp3) is 0.474. The van der Waals surface area contributed by atoms with Crippen LogP contribution in [-0.2, 0) is 0 Å². The van der Waals surface area contributed by atoms with E-state index >= 15 is 0 Å². The average molecular weight is 283 g/mol. The number of benzene rings is 2. The van der Waals surface area contributed by atoms with Gasteiger partial charge in [0.15, 0.2) is 0 Å². The first-order chi connectivity index (χ1) is 10.3. The van der Waals surface area contributed by atoms with Gasteiger partial charge >= 0.3 is 0 Å². The molecule has 0 amide bonds. The van der Waals surface area contributed by atoms with E-state index in [1.54, 1.807) is 7.11 Å². The Balaban J connectivity index is 1.85. The summed E-state index contributed by atoms with van der Waals surface area (Å²) < 4.78 is 5.30. The van der Waals surface area contributed by atoms with Gasteiger partial charge in [-0.2, -0.15) is 0 Å².